The van der Waals surface area contributed by atoms with Crippen LogP contribution in [0.25, 0.3) is 16.9 Å². The first-order valence-electron chi connectivity index (χ1n) is 11.9. The van der Waals surface area contributed by atoms with E-state index in [-0.39, 0.29) is 5.91 Å². The van der Waals surface area contributed by atoms with Crippen molar-refractivity contribution < 1.29 is 9.53 Å². The first-order chi connectivity index (χ1) is 17.1. The molecule has 0 N–H and O–H groups in total. The van der Waals surface area contributed by atoms with Crippen molar-refractivity contribution >= 4 is 17.5 Å². The summed E-state index contributed by atoms with van der Waals surface area (Å²) in [7, 11) is 1.63. The van der Waals surface area contributed by atoms with Gasteiger partial charge in [-0.3, -0.25) is 4.79 Å². The molecule has 1 aromatic heterocycles. The van der Waals surface area contributed by atoms with Gasteiger partial charge in [0.2, 0.25) is 0 Å². The van der Waals surface area contributed by atoms with Crippen LogP contribution < -0.4 is 4.74 Å². The molecular formula is C29H28ClN3O2. The maximum atomic E-state index is 13.7. The molecule has 1 aliphatic rings. The number of carbonyl (C=O) groups excluding carboxylic acids is 1. The van der Waals surface area contributed by atoms with Crippen LogP contribution >= 0.6 is 11.6 Å². The quantitative estimate of drug-likeness (QED) is 0.322. The van der Waals surface area contributed by atoms with Crippen LogP contribution in [0.2, 0.25) is 5.02 Å². The maximum Gasteiger partial charge on any atom is 0.272 e. The lowest BCUT2D eigenvalue weighted by Crippen LogP contribution is -2.39. The third kappa shape index (κ3) is 5.10. The van der Waals surface area contributed by atoms with E-state index in [1.54, 1.807) is 11.8 Å². The minimum Gasteiger partial charge on any atom is -0.497 e. The fourth-order valence-corrected chi connectivity index (χ4v) is 4.94. The van der Waals surface area contributed by atoms with E-state index in [1.807, 2.05) is 65.6 Å². The van der Waals surface area contributed by atoms with E-state index in [2.05, 4.69) is 24.3 Å². The number of nitrogens with zero attached hydrogens (tertiary/aromatic N) is 3. The molecule has 5 nitrogen and oxygen atoms in total. The highest BCUT2D eigenvalue weighted by Crippen LogP contribution is 2.30. The van der Waals surface area contributed by atoms with Gasteiger partial charge in [0.1, 0.15) is 11.4 Å². The fraction of sp³-hybridized carbons (Fsp3) is 0.241. The molecule has 0 spiro atoms. The van der Waals surface area contributed by atoms with E-state index in [1.165, 1.54) is 5.56 Å². The van der Waals surface area contributed by atoms with Crippen molar-refractivity contribution in [1.82, 2.24) is 14.7 Å². The summed E-state index contributed by atoms with van der Waals surface area (Å²) in [6, 6.07) is 27.6. The third-order valence-corrected chi connectivity index (χ3v) is 6.99. The van der Waals surface area contributed by atoms with E-state index in [9.17, 15) is 4.79 Å². The van der Waals surface area contributed by atoms with Crippen LogP contribution in [-0.2, 0) is 6.42 Å². The first-order valence-corrected chi connectivity index (χ1v) is 12.3. The molecule has 1 fully saturated rings. The molecule has 0 aliphatic carbocycles. The second kappa shape index (κ2) is 10.4. The Balaban J connectivity index is 1.40. The number of hydrogen-bond donors (Lipinski definition) is 0. The van der Waals surface area contributed by atoms with E-state index in [4.69, 9.17) is 21.4 Å². The molecule has 0 atom stereocenters. The van der Waals surface area contributed by atoms with E-state index in [0.29, 0.717) is 22.3 Å². The Labute approximate surface area is 210 Å². The predicted octanol–water partition coefficient (Wildman–Crippen LogP) is 6.30. The van der Waals surface area contributed by atoms with Gasteiger partial charge in [-0.05, 0) is 67.1 Å². The van der Waals surface area contributed by atoms with Gasteiger partial charge in [0, 0.05) is 18.7 Å². The highest BCUT2D eigenvalue weighted by Gasteiger charge is 2.27. The van der Waals surface area contributed by atoms with E-state index < -0.39 is 0 Å². The number of hydrogen-bond acceptors (Lipinski definition) is 3. The molecule has 6 heteroatoms. The van der Waals surface area contributed by atoms with Crippen molar-refractivity contribution in [2.24, 2.45) is 5.92 Å². The van der Waals surface area contributed by atoms with Gasteiger partial charge in [-0.1, -0.05) is 60.1 Å². The zero-order valence-corrected chi connectivity index (χ0v) is 20.5. The monoisotopic (exact) mass is 485 g/mol. The molecule has 5 rings (SSSR count). The third-order valence-electron chi connectivity index (χ3n) is 6.66. The van der Waals surface area contributed by atoms with Crippen LogP contribution in [0, 0.1) is 5.92 Å². The van der Waals surface area contributed by atoms with Crippen molar-refractivity contribution in [2.45, 2.75) is 19.3 Å². The standard InChI is InChI=1S/C29H28ClN3O2/c1-35-24-13-11-23(12-14-24)33-28(20-27(31-33)25-9-5-6-10-26(25)30)29(34)32-17-15-22(16-18-32)19-21-7-3-2-4-8-21/h2-14,20,22H,15-19H2,1H3. The van der Waals surface area contributed by atoms with E-state index in [0.717, 1.165) is 49.4 Å². The Morgan fingerprint density at radius 3 is 2.34 bits per heavy atom. The zero-order chi connectivity index (χ0) is 24.2. The van der Waals surface area contributed by atoms with Gasteiger partial charge in [0.25, 0.3) is 5.91 Å². The number of piperidine rings is 1. The summed E-state index contributed by atoms with van der Waals surface area (Å²) in [6.07, 6.45) is 3.05. The van der Waals surface area contributed by atoms with Gasteiger partial charge in [-0.15, -0.1) is 0 Å². The molecule has 35 heavy (non-hydrogen) atoms. The van der Waals surface area contributed by atoms with Gasteiger partial charge >= 0.3 is 0 Å². The van der Waals surface area contributed by atoms with Crippen LogP contribution in [-0.4, -0.2) is 40.8 Å². The molecule has 1 amide bonds. The number of amides is 1. The molecule has 0 bridgehead atoms. The molecule has 0 radical (unpaired) electrons. The van der Waals surface area contributed by atoms with Crippen LogP contribution in [0.15, 0.2) is 84.9 Å². The Hall–Kier alpha value is -3.57. The summed E-state index contributed by atoms with van der Waals surface area (Å²) in [6.45, 7) is 1.48. The lowest BCUT2D eigenvalue weighted by Gasteiger charge is -2.32. The molecule has 2 heterocycles. The van der Waals surface area contributed by atoms with Crippen molar-refractivity contribution in [2.75, 3.05) is 20.2 Å². The molecule has 3 aromatic carbocycles. The van der Waals surface area contributed by atoms with Gasteiger partial charge in [0.05, 0.1) is 23.5 Å². The molecule has 178 valence electrons. The van der Waals surface area contributed by atoms with Crippen LogP contribution in [0.5, 0.6) is 5.75 Å². The Morgan fingerprint density at radius 2 is 1.66 bits per heavy atom. The SMILES string of the molecule is COc1ccc(-n2nc(-c3ccccc3Cl)cc2C(=O)N2CCC(Cc3ccccc3)CC2)cc1. The van der Waals surface area contributed by atoms with Crippen molar-refractivity contribution in [1.29, 1.82) is 0 Å². The molecular weight excluding hydrogens is 458 g/mol. The fourth-order valence-electron chi connectivity index (χ4n) is 4.70. The molecule has 1 aliphatic heterocycles. The summed E-state index contributed by atoms with van der Waals surface area (Å²) in [4.78, 5) is 15.7. The number of methoxy groups -OCH3 is 1. The number of aromatic nitrogens is 2. The lowest BCUT2D eigenvalue weighted by molar-refractivity contribution is 0.0681. The topological polar surface area (TPSA) is 47.4 Å². The number of rotatable bonds is 6. The summed E-state index contributed by atoms with van der Waals surface area (Å²) >= 11 is 6.46. The highest BCUT2D eigenvalue weighted by molar-refractivity contribution is 6.33. The normalized spacial score (nSPS) is 14.2. The van der Waals surface area contributed by atoms with Crippen molar-refractivity contribution in [3.63, 3.8) is 0 Å². The minimum absolute atomic E-state index is 0.00946. The number of benzene rings is 3. The summed E-state index contributed by atoms with van der Waals surface area (Å²) in [5.41, 5.74) is 4.17. The van der Waals surface area contributed by atoms with Crippen LogP contribution in [0.3, 0.4) is 0 Å². The molecule has 0 saturated carbocycles. The average molecular weight is 486 g/mol. The molecule has 0 unspecified atom stereocenters. The average Bonchev–Trinajstić information content (AvgIpc) is 3.35. The Kier molecular flexibility index (Phi) is 6.87. The Bertz CT molecular complexity index is 1290. The smallest absolute Gasteiger partial charge is 0.272 e. The zero-order valence-electron chi connectivity index (χ0n) is 19.7. The number of carbonyl (C=O) groups is 1. The second-order valence-corrected chi connectivity index (χ2v) is 9.34. The minimum atomic E-state index is -0.00946. The summed E-state index contributed by atoms with van der Waals surface area (Å²) < 4.78 is 7.02. The predicted molar refractivity (Wildman–Crippen MR) is 139 cm³/mol. The largest absolute Gasteiger partial charge is 0.497 e. The maximum absolute atomic E-state index is 13.7. The van der Waals surface area contributed by atoms with Crippen LogP contribution in [0.1, 0.15) is 28.9 Å². The number of ether oxygens (including phenoxy) is 1. The van der Waals surface area contributed by atoms with Gasteiger partial charge < -0.3 is 9.64 Å². The molecule has 4 aromatic rings. The first kappa shape index (κ1) is 23.2. The number of likely N-dealkylation sites (tertiary alicyclic amines) is 1. The van der Waals surface area contributed by atoms with Crippen molar-refractivity contribution in [3.05, 3.63) is 101 Å². The Morgan fingerprint density at radius 1 is 0.971 bits per heavy atom. The molecule has 1 saturated heterocycles. The highest BCUT2D eigenvalue weighted by atomic mass is 35.5. The second-order valence-electron chi connectivity index (χ2n) is 8.93. The van der Waals surface area contributed by atoms with Gasteiger partial charge in [-0.2, -0.15) is 5.10 Å². The van der Waals surface area contributed by atoms with E-state index >= 15 is 0 Å². The summed E-state index contributed by atoms with van der Waals surface area (Å²) in [5.74, 6) is 1.33. The van der Waals surface area contributed by atoms with Gasteiger partial charge in [0.15, 0.2) is 0 Å². The summed E-state index contributed by atoms with van der Waals surface area (Å²) in [5, 5.41) is 5.40. The van der Waals surface area contributed by atoms with Crippen LogP contribution in [0.4, 0.5) is 0 Å². The van der Waals surface area contributed by atoms with Gasteiger partial charge in [-0.25, -0.2) is 4.68 Å². The number of halogens is 1. The van der Waals surface area contributed by atoms with Crippen molar-refractivity contribution in [3.8, 4) is 22.7 Å². The lowest BCUT2D eigenvalue weighted by atomic mass is 9.90.